The molecule has 0 aromatic heterocycles. The molecule has 0 spiro atoms. The van der Waals surface area contributed by atoms with Gasteiger partial charge >= 0.3 is 0 Å². The van der Waals surface area contributed by atoms with Crippen LogP contribution >= 0.6 is 23.8 Å². The van der Waals surface area contributed by atoms with Crippen molar-refractivity contribution in [2.75, 3.05) is 13.3 Å². The minimum atomic E-state index is -0.118. The molecule has 0 radical (unpaired) electrons. The molecule has 1 aromatic carbocycles. The molecule has 1 N–H and O–H groups in total. The quantitative estimate of drug-likeness (QED) is 0.675. The van der Waals surface area contributed by atoms with Crippen LogP contribution in [0.15, 0.2) is 17.8 Å². The molecule has 116 valence electrons. The molecule has 2 aliphatic heterocycles. The van der Waals surface area contributed by atoms with E-state index >= 15 is 0 Å². The van der Waals surface area contributed by atoms with Gasteiger partial charge in [0.1, 0.15) is 5.70 Å². The summed E-state index contributed by atoms with van der Waals surface area (Å²) in [4.78, 5) is 13.9. The first-order valence-corrected chi connectivity index (χ1v) is 7.82. The van der Waals surface area contributed by atoms with Crippen molar-refractivity contribution < 1.29 is 14.3 Å². The summed E-state index contributed by atoms with van der Waals surface area (Å²) in [5.41, 5.74) is 1.20. The van der Waals surface area contributed by atoms with Crippen molar-refractivity contribution in [2.45, 2.75) is 19.8 Å². The Morgan fingerprint density at radius 1 is 1.45 bits per heavy atom. The number of benzene rings is 1. The third kappa shape index (κ3) is 2.76. The Morgan fingerprint density at radius 3 is 3.05 bits per heavy atom. The van der Waals surface area contributed by atoms with Crippen LogP contribution in [0.2, 0.25) is 5.02 Å². The number of nitrogens with one attached hydrogen (secondary N) is 1. The van der Waals surface area contributed by atoms with Gasteiger partial charge in [-0.1, -0.05) is 24.9 Å². The molecule has 1 amide bonds. The maximum Gasteiger partial charge on any atom is 0.276 e. The van der Waals surface area contributed by atoms with Gasteiger partial charge in [-0.15, -0.1) is 0 Å². The Kier molecular flexibility index (Phi) is 4.22. The largest absolute Gasteiger partial charge is 0.454 e. The van der Waals surface area contributed by atoms with Crippen LogP contribution in [0.25, 0.3) is 6.08 Å². The van der Waals surface area contributed by atoms with Gasteiger partial charge in [-0.2, -0.15) is 0 Å². The molecule has 0 atom stereocenters. The number of carbonyl (C=O) groups excluding carboxylic acids is 1. The first-order valence-electron chi connectivity index (χ1n) is 7.04. The van der Waals surface area contributed by atoms with Gasteiger partial charge in [0, 0.05) is 6.54 Å². The number of rotatable bonds is 4. The van der Waals surface area contributed by atoms with Gasteiger partial charge < -0.3 is 14.8 Å². The van der Waals surface area contributed by atoms with E-state index in [2.05, 4.69) is 12.2 Å². The van der Waals surface area contributed by atoms with Gasteiger partial charge in [-0.25, -0.2) is 0 Å². The Hall–Kier alpha value is -1.79. The van der Waals surface area contributed by atoms with E-state index in [4.69, 9.17) is 33.3 Å². The lowest BCUT2D eigenvalue weighted by atomic mass is 10.1. The van der Waals surface area contributed by atoms with Gasteiger partial charge in [0.05, 0.1) is 5.02 Å². The van der Waals surface area contributed by atoms with Crippen LogP contribution < -0.4 is 14.8 Å². The van der Waals surface area contributed by atoms with Crippen LogP contribution in [-0.4, -0.2) is 29.3 Å². The highest BCUT2D eigenvalue weighted by molar-refractivity contribution is 7.80. The summed E-state index contributed by atoms with van der Waals surface area (Å²) in [6.07, 6.45) is 3.63. The highest BCUT2D eigenvalue weighted by Crippen LogP contribution is 2.40. The van der Waals surface area contributed by atoms with Crippen molar-refractivity contribution in [3.8, 4) is 11.5 Å². The lowest BCUT2D eigenvalue weighted by Crippen LogP contribution is -2.31. The highest BCUT2D eigenvalue weighted by Gasteiger charge is 2.30. The van der Waals surface area contributed by atoms with E-state index in [1.165, 1.54) is 0 Å². The zero-order chi connectivity index (χ0) is 15.7. The first kappa shape index (κ1) is 15.1. The van der Waals surface area contributed by atoms with Gasteiger partial charge in [0.15, 0.2) is 16.6 Å². The van der Waals surface area contributed by atoms with E-state index in [1.807, 2.05) is 0 Å². The van der Waals surface area contributed by atoms with Crippen LogP contribution in [-0.2, 0) is 4.79 Å². The summed E-state index contributed by atoms with van der Waals surface area (Å²) in [5.74, 6) is 0.997. The van der Waals surface area contributed by atoms with E-state index in [-0.39, 0.29) is 12.7 Å². The molecule has 1 fully saturated rings. The molecule has 5 nitrogen and oxygen atoms in total. The Morgan fingerprint density at radius 2 is 2.27 bits per heavy atom. The monoisotopic (exact) mass is 338 g/mol. The van der Waals surface area contributed by atoms with Gasteiger partial charge in [0.2, 0.25) is 6.79 Å². The molecule has 2 aliphatic rings. The summed E-state index contributed by atoms with van der Waals surface area (Å²) < 4.78 is 10.6. The number of amides is 1. The number of ether oxygens (including phenoxy) is 2. The van der Waals surface area contributed by atoms with Crippen LogP contribution in [0.5, 0.6) is 11.5 Å². The molecule has 0 unspecified atom stereocenters. The Labute approximate surface area is 138 Å². The summed E-state index contributed by atoms with van der Waals surface area (Å²) in [6, 6.07) is 3.52. The van der Waals surface area contributed by atoms with Crippen LogP contribution in [0, 0.1) is 0 Å². The molecular formula is C15H15ClN2O3S. The molecule has 0 aliphatic carbocycles. The van der Waals surface area contributed by atoms with E-state index in [0.717, 1.165) is 18.4 Å². The topological polar surface area (TPSA) is 50.8 Å². The average Bonchev–Trinajstić information content (AvgIpc) is 3.04. The molecular weight excluding hydrogens is 324 g/mol. The molecule has 2 heterocycles. The summed E-state index contributed by atoms with van der Waals surface area (Å²) >= 11 is 11.4. The van der Waals surface area contributed by atoms with Gasteiger partial charge in [0.25, 0.3) is 5.91 Å². The fraction of sp³-hybridized carbons (Fsp3) is 0.333. The van der Waals surface area contributed by atoms with E-state index in [1.54, 1.807) is 23.1 Å². The first-order chi connectivity index (χ1) is 10.6. The minimum absolute atomic E-state index is 0.118. The number of unbranched alkanes of at least 4 members (excludes halogenated alkanes) is 1. The predicted octanol–water partition coefficient (Wildman–Crippen LogP) is 2.93. The van der Waals surface area contributed by atoms with Crippen molar-refractivity contribution in [1.82, 2.24) is 10.2 Å². The molecule has 1 saturated heterocycles. The van der Waals surface area contributed by atoms with Crippen molar-refractivity contribution in [3.63, 3.8) is 0 Å². The number of fused-ring (bicyclic) bond motifs is 1. The number of thiocarbonyl (C=S) groups is 1. The third-order valence-electron chi connectivity index (χ3n) is 3.46. The number of nitrogens with zero attached hydrogens (tertiary/aromatic N) is 1. The lowest BCUT2D eigenvalue weighted by Gasteiger charge is -2.12. The molecule has 7 heteroatoms. The van der Waals surface area contributed by atoms with E-state index in [9.17, 15) is 4.79 Å². The van der Waals surface area contributed by atoms with Crippen molar-refractivity contribution in [2.24, 2.45) is 0 Å². The maximum atomic E-state index is 12.4. The van der Waals surface area contributed by atoms with Crippen LogP contribution in [0.1, 0.15) is 25.3 Å². The third-order valence-corrected chi connectivity index (χ3v) is 4.06. The minimum Gasteiger partial charge on any atom is -0.454 e. The highest BCUT2D eigenvalue weighted by atomic mass is 35.5. The Balaban J connectivity index is 1.85. The maximum absolute atomic E-state index is 12.4. The second-order valence-corrected chi connectivity index (χ2v) is 5.83. The summed E-state index contributed by atoms with van der Waals surface area (Å²) in [5, 5.41) is 3.85. The van der Waals surface area contributed by atoms with Crippen molar-refractivity contribution in [1.29, 1.82) is 0 Å². The SMILES string of the molecule is CCCCN1C(=O)C(=Cc2cc(Cl)c3c(c2)OCO3)NC1=S. The summed E-state index contributed by atoms with van der Waals surface area (Å²) in [7, 11) is 0. The number of hydrogen-bond acceptors (Lipinski definition) is 4. The zero-order valence-corrected chi connectivity index (χ0v) is 13.6. The predicted molar refractivity (Wildman–Crippen MR) is 87.9 cm³/mol. The molecule has 3 rings (SSSR count). The van der Waals surface area contributed by atoms with Crippen LogP contribution in [0.3, 0.4) is 0 Å². The second-order valence-electron chi connectivity index (χ2n) is 5.04. The molecule has 0 bridgehead atoms. The smallest absolute Gasteiger partial charge is 0.276 e. The number of carbonyl (C=O) groups is 1. The van der Waals surface area contributed by atoms with Gasteiger partial charge in [-0.05, 0) is 42.4 Å². The van der Waals surface area contributed by atoms with Crippen molar-refractivity contribution in [3.05, 3.63) is 28.4 Å². The fourth-order valence-corrected chi connectivity index (χ4v) is 2.89. The van der Waals surface area contributed by atoms with E-state index < -0.39 is 0 Å². The zero-order valence-electron chi connectivity index (χ0n) is 12.0. The van der Waals surface area contributed by atoms with Crippen LogP contribution in [0.4, 0.5) is 0 Å². The molecule has 1 aromatic rings. The molecule has 0 saturated carbocycles. The lowest BCUT2D eigenvalue weighted by molar-refractivity contribution is -0.122. The second kappa shape index (κ2) is 6.14. The normalized spacial score (nSPS) is 18.3. The summed E-state index contributed by atoms with van der Waals surface area (Å²) in [6.45, 7) is 2.85. The standard InChI is InChI=1S/C15H15ClN2O3S/c1-2-3-4-18-14(19)11(17-15(18)22)6-9-5-10(16)13-12(7-9)20-8-21-13/h5-7H,2-4,8H2,1H3,(H,17,22). The van der Waals surface area contributed by atoms with E-state index in [0.29, 0.717) is 33.9 Å². The fourth-order valence-electron chi connectivity index (χ4n) is 2.33. The van der Waals surface area contributed by atoms with Crippen molar-refractivity contribution >= 4 is 40.9 Å². The molecule has 22 heavy (non-hydrogen) atoms. The number of halogens is 1. The average molecular weight is 339 g/mol. The van der Waals surface area contributed by atoms with Gasteiger partial charge in [-0.3, -0.25) is 9.69 Å². The Bertz CT molecular complexity index is 675. The number of hydrogen-bond donors (Lipinski definition) is 1.